The van der Waals surface area contributed by atoms with Crippen LogP contribution in [0.2, 0.25) is 0 Å². The minimum atomic E-state index is -0.380. The van der Waals surface area contributed by atoms with Crippen LogP contribution in [-0.2, 0) is 11.8 Å². The highest BCUT2D eigenvalue weighted by Crippen LogP contribution is 2.67. The number of hydrogen-bond donors (Lipinski definition) is 0. The van der Waals surface area contributed by atoms with E-state index in [-0.39, 0.29) is 5.41 Å². The summed E-state index contributed by atoms with van der Waals surface area (Å²) in [4.78, 5) is 4.01. The van der Waals surface area contributed by atoms with Crippen LogP contribution < -0.4 is 4.90 Å². The molecule has 1 spiro atoms. The van der Waals surface area contributed by atoms with E-state index in [4.69, 9.17) is 0 Å². The summed E-state index contributed by atoms with van der Waals surface area (Å²) < 4.78 is 1.37. The summed E-state index contributed by atoms with van der Waals surface area (Å²) in [6.45, 7) is 0. The maximum Gasteiger partial charge on any atom is 0.0725 e. The van der Waals surface area contributed by atoms with E-state index >= 15 is 0 Å². The van der Waals surface area contributed by atoms with Crippen LogP contribution in [0, 0.1) is 0 Å². The van der Waals surface area contributed by atoms with Crippen LogP contribution in [0.4, 0.5) is 11.4 Å². The number of anilines is 2. The van der Waals surface area contributed by atoms with E-state index in [0.717, 1.165) is 38.5 Å². The highest BCUT2D eigenvalue weighted by atomic mass is 32.1. The quantitative estimate of drug-likeness (QED) is 0.178. The Morgan fingerprint density at radius 2 is 1.26 bits per heavy atom. The third-order valence-corrected chi connectivity index (χ3v) is 13.9. The van der Waals surface area contributed by atoms with Crippen molar-refractivity contribution in [2.45, 2.75) is 43.9 Å². The number of aryl methyl sites for hydroxylation is 1. The summed E-state index contributed by atoms with van der Waals surface area (Å²) in [5.74, 6) is 0. The van der Waals surface area contributed by atoms with E-state index in [1.165, 1.54) is 92.5 Å². The molecule has 0 N–H and O–H groups in total. The molecule has 2 heteroatoms. The lowest BCUT2D eigenvalue weighted by molar-refractivity contribution is 0.769. The smallest absolute Gasteiger partial charge is 0.0725 e. The summed E-state index contributed by atoms with van der Waals surface area (Å²) in [6.07, 6.45) is 19.0. The van der Waals surface area contributed by atoms with E-state index in [1.54, 1.807) is 11.1 Å². The molecule has 0 fully saturated rings. The van der Waals surface area contributed by atoms with Crippen LogP contribution in [0.3, 0.4) is 0 Å². The Labute approximate surface area is 314 Å². The SMILES string of the molecule is C1=CC2=C(CC1)C1=C(C=CCC1)C21c2cc(N(C3=CCCc4c3sc3ccccc43)c3ccccc3)c3ccccc3c2-c2ccc3ccccc3c21. The van der Waals surface area contributed by atoms with E-state index in [2.05, 4.69) is 157 Å². The average Bonchev–Trinajstić information content (AvgIpc) is 3.86. The van der Waals surface area contributed by atoms with Gasteiger partial charge in [-0.05, 0) is 134 Å². The van der Waals surface area contributed by atoms with Gasteiger partial charge in [-0.25, -0.2) is 0 Å². The Balaban J connectivity index is 1.23. The highest BCUT2D eigenvalue weighted by Gasteiger charge is 2.54. The first-order chi connectivity index (χ1) is 26.3. The standard InChI is InChI=1S/C51H37NS/c1-2-16-33(17-3-1)52(45-27-14-24-40-38-22-10-13-28-47(38)53-50(40)45)46-31-44-48(39-23-7-6-21-37(39)46)41-30-29-32-15-4-5-18-34(32)49(41)51(44)42-25-11-8-19-35(42)36-20-9-12-26-43(36)51/h1-7,10-13,15-18,21-23,25-31H,8-9,14,19-20,24H2. The first-order valence-electron chi connectivity index (χ1n) is 19.3. The lowest BCUT2D eigenvalue weighted by Crippen LogP contribution is -2.29. The molecule has 0 saturated carbocycles. The molecule has 0 amide bonds. The molecule has 5 aliphatic carbocycles. The zero-order valence-corrected chi connectivity index (χ0v) is 30.3. The Morgan fingerprint density at radius 3 is 2.06 bits per heavy atom. The van der Waals surface area contributed by atoms with Gasteiger partial charge in [0.15, 0.2) is 0 Å². The second kappa shape index (κ2) is 11.2. The van der Waals surface area contributed by atoms with Crippen LogP contribution in [0.5, 0.6) is 0 Å². The van der Waals surface area contributed by atoms with Crippen molar-refractivity contribution in [3.63, 3.8) is 0 Å². The maximum absolute atomic E-state index is 2.63. The minimum absolute atomic E-state index is 0.380. The van der Waals surface area contributed by atoms with Gasteiger partial charge in [-0.3, -0.25) is 0 Å². The molecule has 1 heterocycles. The molecule has 5 aliphatic rings. The highest BCUT2D eigenvalue weighted by molar-refractivity contribution is 7.20. The largest absolute Gasteiger partial charge is 0.309 e. The number of allylic oxidation sites excluding steroid dienone is 9. The van der Waals surface area contributed by atoms with Gasteiger partial charge in [0.05, 0.1) is 21.7 Å². The molecule has 0 saturated heterocycles. The third-order valence-electron chi connectivity index (χ3n) is 12.7. The fourth-order valence-electron chi connectivity index (χ4n) is 10.7. The van der Waals surface area contributed by atoms with Crippen LogP contribution in [0.25, 0.3) is 48.5 Å². The molecular weight excluding hydrogens is 659 g/mol. The first kappa shape index (κ1) is 29.8. The van der Waals surface area contributed by atoms with E-state index in [9.17, 15) is 0 Å². The van der Waals surface area contributed by atoms with Gasteiger partial charge in [0.25, 0.3) is 0 Å². The molecule has 53 heavy (non-hydrogen) atoms. The topological polar surface area (TPSA) is 3.24 Å². The predicted molar refractivity (Wildman–Crippen MR) is 225 cm³/mol. The summed E-state index contributed by atoms with van der Waals surface area (Å²) in [5, 5.41) is 6.71. The van der Waals surface area contributed by atoms with Crippen LogP contribution >= 0.6 is 11.3 Å². The Hall–Kier alpha value is -5.70. The van der Waals surface area contributed by atoms with Crippen molar-refractivity contribution in [2.75, 3.05) is 4.90 Å². The van der Waals surface area contributed by atoms with Gasteiger partial charge in [0.2, 0.25) is 0 Å². The van der Waals surface area contributed by atoms with Crippen LogP contribution in [0.1, 0.15) is 53.7 Å². The van der Waals surface area contributed by atoms with Gasteiger partial charge in [-0.1, -0.05) is 127 Å². The van der Waals surface area contributed by atoms with Gasteiger partial charge in [-0.15, -0.1) is 11.3 Å². The van der Waals surface area contributed by atoms with Gasteiger partial charge in [0, 0.05) is 15.8 Å². The van der Waals surface area contributed by atoms with E-state index in [1.807, 2.05) is 11.3 Å². The number of benzene rings is 6. The number of nitrogens with zero attached hydrogens (tertiary/aromatic N) is 1. The molecular formula is C51H37NS. The molecule has 1 nitrogen and oxygen atoms in total. The molecule has 0 atom stereocenters. The average molecular weight is 696 g/mol. The molecule has 6 aromatic carbocycles. The summed E-state index contributed by atoms with van der Waals surface area (Å²) >= 11 is 1.95. The Bertz CT molecular complexity index is 2850. The first-order valence-corrected chi connectivity index (χ1v) is 20.1. The molecule has 0 bridgehead atoms. The predicted octanol–water partition coefficient (Wildman–Crippen LogP) is 13.9. The molecule has 252 valence electrons. The van der Waals surface area contributed by atoms with Crippen molar-refractivity contribution < 1.29 is 0 Å². The van der Waals surface area contributed by atoms with Gasteiger partial charge in [-0.2, -0.15) is 0 Å². The van der Waals surface area contributed by atoms with Crippen molar-refractivity contribution >= 4 is 60.0 Å². The minimum Gasteiger partial charge on any atom is -0.309 e. The van der Waals surface area contributed by atoms with Crippen LogP contribution in [-0.4, -0.2) is 0 Å². The van der Waals surface area contributed by atoms with Gasteiger partial charge >= 0.3 is 0 Å². The van der Waals surface area contributed by atoms with Gasteiger partial charge in [0.1, 0.15) is 0 Å². The monoisotopic (exact) mass is 695 g/mol. The van der Waals surface area contributed by atoms with Crippen molar-refractivity contribution in [2.24, 2.45) is 0 Å². The molecule has 1 aromatic heterocycles. The lowest BCUT2D eigenvalue weighted by atomic mass is 9.66. The third kappa shape index (κ3) is 3.92. The summed E-state index contributed by atoms with van der Waals surface area (Å²) in [6, 6.07) is 45.9. The van der Waals surface area contributed by atoms with Crippen molar-refractivity contribution in [1.82, 2.24) is 0 Å². The Kier molecular flexibility index (Phi) is 6.28. The maximum atomic E-state index is 2.63. The molecule has 0 unspecified atom stereocenters. The summed E-state index contributed by atoms with van der Waals surface area (Å²) in [7, 11) is 0. The zero-order valence-electron chi connectivity index (χ0n) is 29.5. The zero-order chi connectivity index (χ0) is 34.7. The molecule has 12 rings (SSSR count). The Morgan fingerprint density at radius 1 is 0.585 bits per heavy atom. The van der Waals surface area contributed by atoms with E-state index in [0.29, 0.717) is 0 Å². The van der Waals surface area contributed by atoms with Crippen molar-refractivity contribution in [3.8, 4) is 11.1 Å². The van der Waals surface area contributed by atoms with Crippen molar-refractivity contribution in [3.05, 3.63) is 196 Å². The van der Waals surface area contributed by atoms with Crippen LogP contribution in [0.15, 0.2) is 174 Å². The number of para-hydroxylation sites is 1. The second-order valence-electron chi connectivity index (χ2n) is 15.2. The lowest BCUT2D eigenvalue weighted by Gasteiger charge is -2.36. The van der Waals surface area contributed by atoms with Gasteiger partial charge < -0.3 is 4.90 Å². The normalized spacial score (nSPS) is 17.7. The molecule has 0 radical (unpaired) electrons. The number of rotatable bonds is 3. The number of hydrogen-bond acceptors (Lipinski definition) is 2. The second-order valence-corrected chi connectivity index (χ2v) is 16.2. The van der Waals surface area contributed by atoms with Crippen molar-refractivity contribution in [1.29, 1.82) is 0 Å². The fraction of sp³-hybridized carbons (Fsp3) is 0.137. The number of fused-ring (bicyclic) bond motifs is 15. The summed E-state index contributed by atoms with van der Waals surface area (Å²) in [5.41, 5.74) is 16.8. The fourth-order valence-corrected chi connectivity index (χ4v) is 12.0. The van der Waals surface area contributed by atoms with E-state index < -0.39 is 0 Å². The number of thiophene rings is 1. The molecule has 0 aliphatic heterocycles. The molecule has 7 aromatic rings.